The van der Waals surface area contributed by atoms with Crippen LogP contribution in [0, 0.1) is 5.92 Å². The van der Waals surface area contributed by atoms with Crippen molar-refractivity contribution >= 4 is 55.9 Å². The molecule has 42 heavy (non-hydrogen) atoms. The van der Waals surface area contributed by atoms with Crippen LogP contribution in [0.3, 0.4) is 0 Å². The first-order valence-electron chi connectivity index (χ1n) is 13.9. The van der Waals surface area contributed by atoms with E-state index in [-0.39, 0.29) is 21.7 Å². The van der Waals surface area contributed by atoms with Crippen LogP contribution in [-0.2, 0) is 16.4 Å². The SMILES string of the molecule is COc1cc(-c2nc(CN3CCC(C)CC3)cs2)ccc1Nc1ncc(Cl)c(Nc2ccccc2S(=O)(=O)C(C)C)n1. The van der Waals surface area contributed by atoms with Crippen LogP contribution < -0.4 is 15.4 Å². The van der Waals surface area contributed by atoms with Crippen LogP contribution in [0.25, 0.3) is 10.6 Å². The number of aromatic nitrogens is 3. The van der Waals surface area contributed by atoms with Gasteiger partial charge in [-0.15, -0.1) is 11.3 Å². The minimum Gasteiger partial charge on any atom is -0.495 e. The van der Waals surface area contributed by atoms with E-state index in [1.54, 1.807) is 56.6 Å². The normalized spacial score (nSPS) is 14.7. The first kappa shape index (κ1) is 30.2. The fourth-order valence-corrected chi connectivity index (χ4v) is 6.87. The van der Waals surface area contributed by atoms with Gasteiger partial charge in [-0.25, -0.2) is 18.4 Å². The molecule has 1 aliphatic heterocycles. The molecule has 1 fully saturated rings. The molecule has 2 aromatic carbocycles. The van der Waals surface area contributed by atoms with Gasteiger partial charge in [0.15, 0.2) is 15.7 Å². The number of thiazole rings is 1. The van der Waals surface area contributed by atoms with E-state index in [0.717, 1.165) is 41.8 Å². The highest BCUT2D eigenvalue weighted by Gasteiger charge is 2.23. The number of ether oxygens (including phenoxy) is 1. The fraction of sp³-hybridized carbons (Fsp3) is 0.367. The Morgan fingerprint density at radius 1 is 1.10 bits per heavy atom. The van der Waals surface area contributed by atoms with Crippen molar-refractivity contribution in [1.82, 2.24) is 19.9 Å². The molecule has 12 heteroatoms. The lowest BCUT2D eigenvalue weighted by Crippen LogP contribution is -2.32. The lowest BCUT2D eigenvalue weighted by Gasteiger charge is -2.29. The number of benzene rings is 2. The number of nitrogens with one attached hydrogen (secondary N) is 2. The molecule has 0 bridgehead atoms. The van der Waals surface area contributed by atoms with E-state index in [0.29, 0.717) is 17.1 Å². The molecule has 3 heterocycles. The number of methoxy groups -OCH3 is 1. The quantitative estimate of drug-likeness (QED) is 0.189. The minimum absolute atomic E-state index is 0.178. The lowest BCUT2D eigenvalue weighted by atomic mass is 9.99. The summed E-state index contributed by atoms with van der Waals surface area (Å²) in [5.41, 5.74) is 3.10. The van der Waals surface area contributed by atoms with Gasteiger partial charge < -0.3 is 15.4 Å². The van der Waals surface area contributed by atoms with E-state index < -0.39 is 15.1 Å². The number of piperidine rings is 1. The maximum atomic E-state index is 12.9. The minimum atomic E-state index is -3.53. The molecule has 9 nitrogen and oxygen atoms in total. The fourth-order valence-electron chi connectivity index (χ4n) is 4.72. The number of para-hydroxylation sites is 1. The molecule has 0 saturated carbocycles. The molecule has 0 atom stereocenters. The molecule has 0 unspecified atom stereocenters. The average Bonchev–Trinajstić information content (AvgIpc) is 3.45. The van der Waals surface area contributed by atoms with Crippen molar-refractivity contribution in [3.05, 3.63) is 64.8 Å². The number of hydrogen-bond acceptors (Lipinski definition) is 10. The highest BCUT2D eigenvalue weighted by molar-refractivity contribution is 7.92. The first-order valence-corrected chi connectivity index (χ1v) is 16.7. The molecular formula is C30H35ClN6O3S2. The Kier molecular flexibility index (Phi) is 9.32. The molecule has 0 aliphatic carbocycles. The molecule has 0 spiro atoms. The van der Waals surface area contributed by atoms with Crippen LogP contribution >= 0.6 is 22.9 Å². The van der Waals surface area contributed by atoms with E-state index in [4.69, 9.17) is 21.3 Å². The predicted octanol–water partition coefficient (Wildman–Crippen LogP) is 7.16. The summed E-state index contributed by atoms with van der Waals surface area (Å²) in [5.74, 6) is 1.95. The largest absolute Gasteiger partial charge is 0.495 e. The summed E-state index contributed by atoms with van der Waals surface area (Å²) in [6.45, 7) is 8.73. The average molecular weight is 627 g/mol. The zero-order valence-electron chi connectivity index (χ0n) is 24.1. The van der Waals surface area contributed by atoms with Crippen LogP contribution in [0.15, 0.2) is 58.9 Å². The Bertz CT molecular complexity index is 1650. The van der Waals surface area contributed by atoms with E-state index in [2.05, 4.69) is 37.8 Å². The Morgan fingerprint density at radius 2 is 1.86 bits per heavy atom. The number of halogens is 1. The van der Waals surface area contributed by atoms with Crippen LogP contribution in [-0.4, -0.2) is 53.7 Å². The number of anilines is 4. The van der Waals surface area contributed by atoms with Gasteiger partial charge in [0, 0.05) is 17.5 Å². The van der Waals surface area contributed by atoms with Gasteiger partial charge in [-0.2, -0.15) is 4.98 Å². The van der Waals surface area contributed by atoms with Gasteiger partial charge in [-0.3, -0.25) is 4.90 Å². The molecular weight excluding hydrogens is 592 g/mol. The summed E-state index contributed by atoms with van der Waals surface area (Å²) in [6.07, 6.45) is 3.94. The molecule has 222 valence electrons. The summed E-state index contributed by atoms with van der Waals surface area (Å²) >= 11 is 8.02. The van der Waals surface area contributed by atoms with E-state index in [1.807, 2.05) is 18.2 Å². The van der Waals surface area contributed by atoms with Crippen LogP contribution in [0.5, 0.6) is 5.75 Å². The van der Waals surface area contributed by atoms with Crippen LogP contribution in [0.1, 0.15) is 39.3 Å². The van der Waals surface area contributed by atoms with Crippen molar-refractivity contribution in [2.45, 2.75) is 50.3 Å². The molecule has 0 amide bonds. The molecule has 0 radical (unpaired) electrons. The summed E-state index contributed by atoms with van der Waals surface area (Å²) < 4.78 is 31.5. The number of sulfone groups is 1. The predicted molar refractivity (Wildman–Crippen MR) is 170 cm³/mol. The van der Waals surface area contributed by atoms with Crippen molar-refractivity contribution in [2.24, 2.45) is 5.92 Å². The van der Waals surface area contributed by atoms with Crippen molar-refractivity contribution in [2.75, 3.05) is 30.8 Å². The van der Waals surface area contributed by atoms with Gasteiger partial charge in [0.05, 0.1) is 40.5 Å². The zero-order chi connectivity index (χ0) is 29.9. The summed E-state index contributed by atoms with van der Waals surface area (Å²) in [4.78, 5) is 16.4. The number of likely N-dealkylation sites (tertiary alicyclic amines) is 1. The standard InChI is InChI=1S/C30H35ClN6O3S2/c1-19(2)42(38,39)27-8-6-5-7-25(27)34-28-23(31)16-32-30(36-28)35-24-10-9-21(15-26(24)40-4)29-33-22(18-41-29)17-37-13-11-20(3)12-14-37/h5-10,15-16,18-20H,11-14,17H2,1-4H3,(H2,32,34,35,36). The van der Waals surface area contributed by atoms with E-state index >= 15 is 0 Å². The Morgan fingerprint density at radius 3 is 2.60 bits per heavy atom. The van der Waals surface area contributed by atoms with Crippen molar-refractivity contribution in [1.29, 1.82) is 0 Å². The molecule has 5 rings (SSSR count). The highest BCUT2D eigenvalue weighted by Crippen LogP contribution is 2.35. The van der Waals surface area contributed by atoms with Gasteiger partial charge in [0.1, 0.15) is 15.8 Å². The topological polar surface area (TPSA) is 109 Å². The summed E-state index contributed by atoms with van der Waals surface area (Å²) in [7, 11) is -1.92. The van der Waals surface area contributed by atoms with Gasteiger partial charge >= 0.3 is 0 Å². The first-order chi connectivity index (χ1) is 20.1. The maximum Gasteiger partial charge on any atom is 0.229 e. The number of hydrogen-bond donors (Lipinski definition) is 2. The zero-order valence-corrected chi connectivity index (χ0v) is 26.5. The monoisotopic (exact) mass is 626 g/mol. The third-order valence-electron chi connectivity index (χ3n) is 7.32. The van der Waals surface area contributed by atoms with Crippen molar-refractivity contribution < 1.29 is 13.2 Å². The summed E-state index contributed by atoms with van der Waals surface area (Å²) in [6, 6.07) is 12.5. The second kappa shape index (κ2) is 12.9. The van der Waals surface area contributed by atoms with Crippen LogP contribution in [0.4, 0.5) is 23.1 Å². The Labute approximate surface area is 256 Å². The van der Waals surface area contributed by atoms with Gasteiger partial charge in [0.2, 0.25) is 5.95 Å². The molecule has 2 aromatic heterocycles. The molecule has 4 aromatic rings. The third kappa shape index (κ3) is 6.86. The second-order valence-electron chi connectivity index (χ2n) is 10.7. The van der Waals surface area contributed by atoms with E-state index in [1.165, 1.54) is 19.0 Å². The highest BCUT2D eigenvalue weighted by atomic mass is 35.5. The number of nitrogens with zero attached hydrogens (tertiary/aromatic N) is 4. The smallest absolute Gasteiger partial charge is 0.229 e. The van der Waals surface area contributed by atoms with Gasteiger partial charge in [0.25, 0.3) is 0 Å². The molecule has 1 aliphatic rings. The third-order valence-corrected chi connectivity index (χ3v) is 10.7. The second-order valence-corrected chi connectivity index (χ2v) is 14.5. The van der Waals surface area contributed by atoms with Crippen molar-refractivity contribution in [3.63, 3.8) is 0 Å². The van der Waals surface area contributed by atoms with Gasteiger partial charge in [-0.05, 0) is 76.0 Å². The van der Waals surface area contributed by atoms with Gasteiger partial charge in [-0.1, -0.05) is 30.7 Å². The molecule has 2 N–H and O–H groups in total. The number of rotatable bonds is 10. The molecule has 1 saturated heterocycles. The van der Waals surface area contributed by atoms with Crippen LogP contribution in [0.2, 0.25) is 5.02 Å². The Balaban J connectivity index is 1.33. The van der Waals surface area contributed by atoms with E-state index in [9.17, 15) is 8.42 Å². The Hall–Kier alpha value is -3.25. The maximum absolute atomic E-state index is 12.9. The summed E-state index contributed by atoms with van der Waals surface area (Å²) in [5, 5.41) is 9.01. The lowest BCUT2D eigenvalue weighted by molar-refractivity contribution is 0.184. The van der Waals surface area contributed by atoms with Crippen molar-refractivity contribution in [3.8, 4) is 16.3 Å².